The number of ether oxygens (including phenoxy) is 2. The Morgan fingerprint density at radius 3 is 1.88 bits per heavy atom. The highest BCUT2D eigenvalue weighted by Gasteiger charge is 2.04. The minimum absolute atomic E-state index is 0.186. The van der Waals surface area contributed by atoms with E-state index in [2.05, 4.69) is 23.8 Å². The van der Waals surface area contributed by atoms with Crippen molar-refractivity contribution in [2.45, 2.75) is 39.5 Å². The van der Waals surface area contributed by atoms with Gasteiger partial charge in [0.2, 0.25) is 17.7 Å². The number of rotatable bonds is 8. The van der Waals surface area contributed by atoms with Gasteiger partial charge in [0.1, 0.15) is 0 Å². The van der Waals surface area contributed by atoms with Crippen molar-refractivity contribution in [3.05, 3.63) is 6.07 Å². The first-order chi connectivity index (χ1) is 8.26. The monoisotopic (exact) mass is 239 g/mol. The maximum atomic E-state index is 5.59. The molecule has 0 aromatic carbocycles. The van der Waals surface area contributed by atoms with Crippen LogP contribution in [0.2, 0.25) is 0 Å². The van der Waals surface area contributed by atoms with Crippen molar-refractivity contribution in [3.8, 4) is 11.8 Å². The molecule has 17 heavy (non-hydrogen) atoms. The molecule has 0 unspecified atom stereocenters. The summed E-state index contributed by atoms with van der Waals surface area (Å²) in [4.78, 5) is 8.00. The van der Waals surface area contributed by atoms with Crippen LogP contribution in [0.1, 0.15) is 39.5 Å². The molecule has 0 spiro atoms. The van der Waals surface area contributed by atoms with Gasteiger partial charge in [-0.25, -0.2) is 0 Å². The quantitative estimate of drug-likeness (QED) is 0.705. The van der Waals surface area contributed by atoms with Crippen molar-refractivity contribution in [1.29, 1.82) is 0 Å². The second-order valence-corrected chi connectivity index (χ2v) is 3.81. The van der Waals surface area contributed by atoms with E-state index in [-0.39, 0.29) is 5.95 Å². The highest BCUT2D eigenvalue weighted by atomic mass is 16.5. The summed E-state index contributed by atoms with van der Waals surface area (Å²) < 4.78 is 10.9. The summed E-state index contributed by atoms with van der Waals surface area (Å²) >= 11 is 0. The maximum Gasteiger partial charge on any atom is 0.226 e. The Morgan fingerprint density at radius 1 is 1.00 bits per heavy atom. The van der Waals surface area contributed by atoms with Crippen molar-refractivity contribution in [2.24, 2.45) is 0 Å². The zero-order valence-corrected chi connectivity index (χ0v) is 10.6. The van der Waals surface area contributed by atoms with Crippen molar-refractivity contribution >= 4 is 5.95 Å². The van der Waals surface area contributed by atoms with E-state index in [0.717, 1.165) is 25.7 Å². The number of anilines is 1. The van der Waals surface area contributed by atoms with Gasteiger partial charge in [0, 0.05) is 0 Å². The van der Waals surface area contributed by atoms with E-state index in [9.17, 15) is 0 Å². The molecule has 0 aliphatic carbocycles. The van der Waals surface area contributed by atoms with Crippen LogP contribution >= 0.6 is 0 Å². The lowest BCUT2D eigenvalue weighted by Gasteiger charge is -2.08. The Kier molecular flexibility index (Phi) is 6.14. The fourth-order valence-corrected chi connectivity index (χ4v) is 1.21. The Labute approximate surface area is 102 Å². The Bertz CT molecular complexity index is 303. The first kappa shape index (κ1) is 13.5. The first-order valence-corrected chi connectivity index (χ1v) is 6.16. The van der Waals surface area contributed by atoms with E-state index < -0.39 is 0 Å². The van der Waals surface area contributed by atoms with E-state index in [4.69, 9.17) is 15.2 Å². The molecule has 96 valence electrons. The lowest BCUT2D eigenvalue weighted by molar-refractivity contribution is 0.279. The molecular formula is C12H21N3O2. The van der Waals surface area contributed by atoms with Crippen LogP contribution in [0.5, 0.6) is 11.8 Å². The van der Waals surface area contributed by atoms with Crippen LogP contribution in [-0.2, 0) is 0 Å². The van der Waals surface area contributed by atoms with E-state index in [1.165, 1.54) is 0 Å². The van der Waals surface area contributed by atoms with Gasteiger partial charge in [-0.1, -0.05) is 26.7 Å². The summed E-state index contributed by atoms with van der Waals surface area (Å²) in [5, 5.41) is 0. The summed E-state index contributed by atoms with van der Waals surface area (Å²) in [6, 6.07) is 1.68. The number of hydrogen-bond acceptors (Lipinski definition) is 5. The highest BCUT2D eigenvalue weighted by Crippen LogP contribution is 2.17. The largest absolute Gasteiger partial charge is 0.477 e. The summed E-state index contributed by atoms with van der Waals surface area (Å²) in [7, 11) is 0. The average molecular weight is 239 g/mol. The van der Waals surface area contributed by atoms with Crippen LogP contribution in [0.15, 0.2) is 6.07 Å². The van der Waals surface area contributed by atoms with Crippen LogP contribution in [-0.4, -0.2) is 23.2 Å². The summed E-state index contributed by atoms with van der Waals surface area (Å²) in [5.41, 5.74) is 5.59. The summed E-state index contributed by atoms with van der Waals surface area (Å²) in [6.07, 6.45) is 4.16. The van der Waals surface area contributed by atoms with Crippen LogP contribution in [0, 0.1) is 0 Å². The molecule has 0 aliphatic heterocycles. The lowest BCUT2D eigenvalue weighted by atomic mass is 10.4. The van der Waals surface area contributed by atoms with Crippen molar-refractivity contribution in [3.63, 3.8) is 0 Å². The second-order valence-electron chi connectivity index (χ2n) is 3.81. The number of nitrogens with two attached hydrogens (primary N) is 1. The molecular weight excluding hydrogens is 218 g/mol. The zero-order chi connectivity index (χ0) is 12.5. The molecule has 5 heteroatoms. The highest BCUT2D eigenvalue weighted by molar-refractivity contribution is 5.29. The average Bonchev–Trinajstić information content (AvgIpc) is 2.29. The van der Waals surface area contributed by atoms with E-state index in [0.29, 0.717) is 25.0 Å². The van der Waals surface area contributed by atoms with Gasteiger partial charge >= 0.3 is 0 Å². The van der Waals surface area contributed by atoms with Crippen LogP contribution in [0.25, 0.3) is 0 Å². The van der Waals surface area contributed by atoms with Crippen LogP contribution < -0.4 is 15.2 Å². The molecule has 5 nitrogen and oxygen atoms in total. The molecule has 0 radical (unpaired) electrons. The van der Waals surface area contributed by atoms with Gasteiger partial charge in [0.05, 0.1) is 19.3 Å². The Hall–Kier alpha value is -1.52. The van der Waals surface area contributed by atoms with E-state index in [1.54, 1.807) is 6.07 Å². The molecule has 0 amide bonds. The molecule has 0 saturated carbocycles. The van der Waals surface area contributed by atoms with Gasteiger partial charge in [0.15, 0.2) is 0 Å². The van der Waals surface area contributed by atoms with Crippen LogP contribution in [0.3, 0.4) is 0 Å². The first-order valence-electron chi connectivity index (χ1n) is 6.16. The predicted octanol–water partition coefficient (Wildman–Crippen LogP) is 2.42. The third-order valence-corrected chi connectivity index (χ3v) is 2.19. The number of unbranched alkanes of at least 4 members (excludes halogenated alkanes) is 2. The third-order valence-electron chi connectivity index (χ3n) is 2.19. The molecule has 0 fully saturated rings. The van der Waals surface area contributed by atoms with Gasteiger partial charge < -0.3 is 15.2 Å². The van der Waals surface area contributed by atoms with E-state index in [1.807, 2.05) is 0 Å². The number of nitrogen functional groups attached to an aromatic ring is 1. The fourth-order valence-electron chi connectivity index (χ4n) is 1.21. The number of aromatic nitrogens is 2. The molecule has 0 aliphatic rings. The lowest BCUT2D eigenvalue weighted by Crippen LogP contribution is -2.05. The standard InChI is InChI=1S/C12H21N3O2/c1-3-5-7-16-10-9-11(15-12(13)14-10)17-8-6-4-2/h9H,3-8H2,1-2H3,(H2,13,14,15). The molecule has 0 saturated heterocycles. The molecule has 0 atom stereocenters. The van der Waals surface area contributed by atoms with E-state index >= 15 is 0 Å². The Morgan fingerprint density at radius 2 is 1.47 bits per heavy atom. The predicted molar refractivity (Wildman–Crippen MR) is 67.3 cm³/mol. The van der Waals surface area contributed by atoms with Gasteiger partial charge in [-0.2, -0.15) is 9.97 Å². The van der Waals surface area contributed by atoms with Gasteiger partial charge in [-0.3, -0.25) is 0 Å². The van der Waals surface area contributed by atoms with Gasteiger partial charge in [-0.15, -0.1) is 0 Å². The van der Waals surface area contributed by atoms with Gasteiger partial charge in [0.25, 0.3) is 0 Å². The fraction of sp³-hybridized carbons (Fsp3) is 0.667. The molecule has 0 bridgehead atoms. The molecule has 1 aromatic rings. The number of hydrogen-bond donors (Lipinski definition) is 1. The van der Waals surface area contributed by atoms with Crippen molar-refractivity contribution in [1.82, 2.24) is 9.97 Å². The van der Waals surface area contributed by atoms with Crippen LogP contribution in [0.4, 0.5) is 5.95 Å². The molecule has 1 aromatic heterocycles. The number of nitrogens with zero attached hydrogens (tertiary/aromatic N) is 2. The third kappa shape index (κ3) is 5.38. The molecule has 2 N–H and O–H groups in total. The minimum atomic E-state index is 0.186. The molecule has 1 rings (SSSR count). The van der Waals surface area contributed by atoms with Crippen molar-refractivity contribution in [2.75, 3.05) is 18.9 Å². The normalized spacial score (nSPS) is 10.2. The smallest absolute Gasteiger partial charge is 0.226 e. The molecule has 1 heterocycles. The maximum absolute atomic E-state index is 5.59. The SMILES string of the molecule is CCCCOc1cc(OCCCC)nc(N)n1. The second kappa shape index (κ2) is 7.70. The zero-order valence-electron chi connectivity index (χ0n) is 10.6. The Balaban J connectivity index is 2.53. The topological polar surface area (TPSA) is 70.3 Å². The summed E-state index contributed by atoms with van der Waals surface area (Å²) in [5.74, 6) is 1.15. The van der Waals surface area contributed by atoms with Crippen molar-refractivity contribution < 1.29 is 9.47 Å². The minimum Gasteiger partial charge on any atom is -0.477 e. The summed E-state index contributed by atoms with van der Waals surface area (Å²) in [6.45, 7) is 5.50. The van der Waals surface area contributed by atoms with Gasteiger partial charge in [-0.05, 0) is 12.8 Å².